The Morgan fingerprint density at radius 1 is 1.28 bits per heavy atom. The Morgan fingerprint density at radius 3 is 2.84 bits per heavy atom. The average Bonchev–Trinajstić information content (AvgIpc) is 3.23. The maximum Gasteiger partial charge on any atom is 0.338 e. The minimum Gasteiger partial charge on any atom is -0.462 e. The molecule has 3 N–H and O–H groups in total. The van der Waals surface area contributed by atoms with Gasteiger partial charge in [-0.05, 0) is 31.2 Å². The van der Waals surface area contributed by atoms with Crippen molar-refractivity contribution in [2.24, 2.45) is 0 Å². The second kappa shape index (κ2) is 5.74. The summed E-state index contributed by atoms with van der Waals surface area (Å²) in [6, 6.07) is 6.75. The summed E-state index contributed by atoms with van der Waals surface area (Å²) in [4.78, 5) is 26.2. The molecule has 0 unspecified atom stereocenters. The Morgan fingerprint density at radius 2 is 2.08 bits per heavy atom. The lowest BCUT2D eigenvalue weighted by Gasteiger charge is -2.06. The topological polar surface area (TPSA) is 130 Å². The minimum absolute atomic E-state index is 0.285. The van der Waals surface area contributed by atoms with Gasteiger partial charge in [0.15, 0.2) is 5.65 Å². The molecule has 3 heterocycles. The second-order valence-corrected chi connectivity index (χ2v) is 5.19. The Balaban J connectivity index is 1.70. The summed E-state index contributed by atoms with van der Waals surface area (Å²) in [5, 5.41) is 18.1. The van der Waals surface area contributed by atoms with Gasteiger partial charge in [-0.3, -0.25) is 14.9 Å². The van der Waals surface area contributed by atoms with Gasteiger partial charge >= 0.3 is 5.97 Å². The molecule has 4 aromatic rings. The maximum absolute atomic E-state index is 11.9. The van der Waals surface area contributed by atoms with E-state index in [1.54, 1.807) is 35.6 Å². The molecule has 0 saturated heterocycles. The molecule has 0 saturated carbocycles. The van der Waals surface area contributed by atoms with Crippen LogP contribution in [-0.2, 0) is 4.74 Å². The molecule has 0 aliphatic carbocycles. The number of fused-ring (bicyclic) bond motifs is 3. The van der Waals surface area contributed by atoms with Gasteiger partial charge in [0.1, 0.15) is 5.39 Å². The number of hydrogen-bond acceptors (Lipinski definition) is 7. The van der Waals surface area contributed by atoms with Crippen molar-refractivity contribution in [2.45, 2.75) is 6.92 Å². The molecular formula is C15H13N7O3. The van der Waals surface area contributed by atoms with Gasteiger partial charge in [0.2, 0.25) is 11.7 Å². The smallest absolute Gasteiger partial charge is 0.338 e. The van der Waals surface area contributed by atoms with Crippen LogP contribution in [0.3, 0.4) is 0 Å². The average molecular weight is 339 g/mol. The van der Waals surface area contributed by atoms with Crippen molar-refractivity contribution in [3.05, 3.63) is 46.4 Å². The van der Waals surface area contributed by atoms with Gasteiger partial charge in [0.25, 0.3) is 5.56 Å². The van der Waals surface area contributed by atoms with E-state index < -0.39 is 0 Å². The van der Waals surface area contributed by atoms with Gasteiger partial charge in [-0.2, -0.15) is 5.10 Å². The van der Waals surface area contributed by atoms with Crippen LogP contribution in [0.25, 0.3) is 16.8 Å². The van der Waals surface area contributed by atoms with Gasteiger partial charge in [-0.1, -0.05) is 0 Å². The zero-order chi connectivity index (χ0) is 17.4. The number of esters is 1. The molecule has 1 aromatic carbocycles. The van der Waals surface area contributed by atoms with Crippen molar-refractivity contribution < 1.29 is 9.53 Å². The Bertz CT molecular complexity index is 1120. The molecule has 10 nitrogen and oxygen atoms in total. The Labute approximate surface area is 139 Å². The third-order valence-electron chi connectivity index (χ3n) is 3.63. The van der Waals surface area contributed by atoms with Gasteiger partial charge in [0, 0.05) is 5.69 Å². The molecule has 25 heavy (non-hydrogen) atoms. The molecule has 0 amide bonds. The van der Waals surface area contributed by atoms with Crippen molar-refractivity contribution in [2.75, 3.05) is 11.9 Å². The summed E-state index contributed by atoms with van der Waals surface area (Å²) in [7, 11) is 0. The number of rotatable bonds is 4. The number of anilines is 2. The van der Waals surface area contributed by atoms with Crippen LogP contribution in [0, 0.1) is 0 Å². The van der Waals surface area contributed by atoms with E-state index in [0.717, 1.165) is 0 Å². The fraction of sp³-hybridized carbons (Fsp3) is 0.133. The van der Waals surface area contributed by atoms with Gasteiger partial charge in [-0.15, -0.1) is 10.2 Å². The summed E-state index contributed by atoms with van der Waals surface area (Å²) >= 11 is 0. The molecule has 0 aliphatic rings. The van der Waals surface area contributed by atoms with Crippen LogP contribution in [0.2, 0.25) is 0 Å². The summed E-state index contributed by atoms with van der Waals surface area (Å²) in [5.74, 6) is 0.301. The molecule has 0 fully saturated rings. The third kappa shape index (κ3) is 2.49. The fourth-order valence-electron chi connectivity index (χ4n) is 2.48. The number of ether oxygens (including phenoxy) is 1. The fourth-order valence-corrected chi connectivity index (χ4v) is 2.48. The summed E-state index contributed by atoms with van der Waals surface area (Å²) in [5.41, 5.74) is 1.34. The molecule has 0 aliphatic heterocycles. The van der Waals surface area contributed by atoms with Crippen molar-refractivity contribution in [3.8, 4) is 0 Å². The lowest BCUT2D eigenvalue weighted by Crippen LogP contribution is -2.10. The highest BCUT2D eigenvalue weighted by Gasteiger charge is 2.13. The van der Waals surface area contributed by atoms with E-state index in [0.29, 0.717) is 34.8 Å². The van der Waals surface area contributed by atoms with E-state index >= 15 is 0 Å². The zero-order valence-corrected chi connectivity index (χ0v) is 13.1. The number of H-pyrrole nitrogens is 2. The summed E-state index contributed by atoms with van der Waals surface area (Å²) in [6.07, 6.45) is 1.44. The number of nitrogens with zero attached hydrogens (tertiary/aromatic N) is 4. The standard InChI is InChI=1S/C15H13N7O3/c1-2-25-13(24)8-3-5-9(6-4-8)17-14-20-21-15-18-12(23)10-7-16-19-11(10)22(14)15/h3-7H,2H2,1H3,(H,16,19)(H,17,20)(H,18,21,23). The second-order valence-electron chi connectivity index (χ2n) is 5.19. The number of carbonyl (C=O) groups is 1. The van der Waals surface area contributed by atoms with E-state index in [9.17, 15) is 9.59 Å². The first-order valence-electron chi connectivity index (χ1n) is 7.52. The van der Waals surface area contributed by atoms with E-state index in [1.165, 1.54) is 6.20 Å². The molecular weight excluding hydrogens is 326 g/mol. The number of carbonyl (C=O) groups excluding carboxylic acids is 1. The van der Waals surface area contributed by atoms with Crippen LogP contribution < -0.4 is 10.9 Å². The van der Waals surface area contributed by atoms with E-state index in [1.807, 2.05) is 0 Å². The number of hydrogen-bond donors (Lipinski definition) is 3. The number of nitrogens with one attached hydrogen (secondary N) is 3. The summed E-state index contributed by atoms with van der Waals surface area (Å²) in [6.45, 7) is 2.08. The van der Waals surface area contributed by atoms with E-state index in [4.69, 9.17) is 4.74 Å². The first-order chi connectivity index (χ1) is 12.2. The predicted octanol–water partition coefficient (Wildman–Crippen LogP) is 1.21. The van der Waals surface area contributed by atoms with Gasteiger partial charge in [-0.25, -0.2) is 9.20 Å². The molecule has 3 aromatic heterocycles. The largest absolute Gasteiger partial charge is 0.462 e. The zero-order valence-electron chi connectivity index (χ0n) is 13.1. The number of benzene rings is 1. The maximum atomic E-state index is 11.9. The Kier molecular flexibility index (Phi) is 3.42. The highest BCUT2D eigenvalue weighted by atomic mass is 16.5. The number of aromatic nitrogens is 6. The van der Waals surface area contributed by atoms with Crippen molar-refractivity contribution >= 4 is 34.4 Å². The number of aromatic amines is 2. The van der Waals surface area contributed by atoms with Crippen molar-refractivity contribution in [1.29, 1.82) is 0 Å². The van der Waals surface area contributed by atoms with E-state index in [2.05, 4.69) is 30.7 Å². The highest BCUT2D eigenvalue weighted by molar-refractivity contribution is 5.90. The van der Waals surface area contributed by atoms with Crippen molar-refractivity contribution in [3.63, 3.8) is 0 Å². The van der Waals surface area contributed by atoms with Crippen LogP contribution in [-0.4, -0.2) is 42.4 Å². The van der Waals surface area contributed by atoms with Crippen LogP contribution in [0.5, 0.6) is 0 Å². The third-order valence-corrected chi connectivity index (χ3v) is 3.63. The van der Waals surface area contributed by atoms with Gasteiger partial charge < -0.3 is 10.1 Å². The van der Waals surface area contributed by atoms with Crippen LogP contribution in [0.15, 0.2) is 35.3 Å². The molecule has 4 rings (SSSR count). The Hall–Kier alpha value is -3.69. The predicted molar refractivity (Wildman–Crippen MR) is 88.9 cm³/mol. The van der Waals surface area contributed by atoms with Crippen LogP contribution in [0.4, 0.5) is 11.6 Å². The molecule has 0 radical (unpaired) electrons. The molecule has 0 bridgehead atoms. The monoisotopic (exact) mass is 339 g/mol. The van der Waals surface area contributed by atoms with Crippen LogP contribution >= 0.6 is 0 Å². The van der Waals surface area contributed by atoms with Crippen LogP contribution in [0.1, 0.15) is 17.3 Å². The van der Waals surface area contributed by atoms with Crippen molar-refractivity contribution in [1.82, 2.24) is 29.8 Å². The normalized spacial score (nSPS) is 11.1. The molecule has 10 heteroatoms. The lowest BCUT2D eigenvalue weighted by atomic mass is 10.2. The SMILES string of the molecule is CCOC(=O)c1ccc(Nc2nnc3[nH]c(=O)c4cn[nH]c4n23)cc1. The summed E-state index contributed by atoms with van der Waals surface area (Å²) < 4.78 is 6.57. The highest BCUT2D eigenvalue weighted by Crippen LogP contribution is 2.18. The lowest BCUT2D eigenvalue weighted by molar-refractivity contribution is 0.0526. The van der Waals surface area contributed by atoms with E-state index in [-0.39, 0.29) is 17.3 Å². The minimum atomic E-state index is -0.376. The first kappa shape index (κ1) is 14.9. The molecule has 0 atom stereocenters. The van der Waals surface area contributed by atoms with Gasteiger partial charge in [0.05, 0.1) is 18.4 Å². The first-order valence-corrected chi connectivity index (χ1v) is 7.52. The molecule has 126 valence electrons. The molecule has 0 spiro atoms. The quantitative estimate of drug-likeness (QED) is 0.476.